The molecule has 4 heteroatoms. The summed E-state index contributed by atoms with van der Waals surface area (Å²) in [6.45, 7) is 2.72. The molecule has 1 aliphatic rings. The molecule has 0 amide bonds. The lowest BCUT2D eigenvalue weighted by Gasteiger charge is -2.22. The van der Waals surface area contributed by atoms with E-state index in [1.54, 1.807) is 0 Å². The monoisotopic (exact) mass is 147 g/mol. The van der Waals surface area contributed by atoms with Gasteiger partial charge in [-0.25, -0.2) is 0 Å². The van der Waals surface area contributed by atoms with E-state index in [4.69, 9.17) is 14.6 Å². The van der Waals surface area contributed by atoms with Gasteiger partial charge in [-0.1, -0.05) is 0 Å². The standard InChI is InChI=1S/C6H13NO3/c8-5-9-4-6-3-7-1-2-10-6/h6-8H,1-5H2. The largest absolute Gasteiger partial charge is 0.373 e. The summed E-state index contributed by atoms with van der Waals surface area (Å²) in [5, 5.41) is 11.5. The molecule has 4 nitrogen and oxygen atoms in total. The van der Waals surface area contributed by atoms with Gasteiger partial charge in [0.1, 0.15) is 6.79 Å². The first-order valence-corrected chi connectivity index (χ1v) is 3.44. The molecule has 0 aliphatic carbocycles. The molecule has 0 spiro atoms. The molecule has 1 aliphatic heterocycles. The quantitative estimate of drug-likeness (QED) is 0.500. The van der Waals surface area contributed by atoms with Crippen molar-refractivity contribution in [1.82, 2.24) is 5.32 Å². The summed E-state index contributed by atoms with van der Waals surface area (Å²) < 4.78 is 10.0. The highest BCUT2D eigenvalue weighted by atomic mass is 16.6. The zero-order valence-corrected chi connectivity index (χ0v) is 5.88. The van der Waals surface area contributed by atoms with Crippen LogP contribution in [0.3, 0.4) is 0 Å². The lowest BCUT2D eigenvalue weighted by molar-refractivity contribution is -0.0726. The van der Waals surface area contributed by atoms with Gasteiger partial charge < -0.3 is 19.9 Å². The van der Waals surface area contributed by atoms with Crippen LogP contribution in [0, 0.1) is 0 Å². The van der Waals surface area contributed by atoms with Crippen LogP contribution in [-0.2, 0) is 9.47 Å². The molecule has 10 heavy (non-hydrogen) atoms. The van der Waals surface area contributed by atoms with Crippen LogP contribution in [0.25, 0.3) is 0 Å². The zero-order valence-electron chi connectivity index (χ0n) is 5.88. The fraction of sp³-hybridized carbons (Fsp3) is 1.00. The van der Waals surface area contributed by atoms with E-state index >= 15 is 0 Å². The van der Waals surface area contributed by atoms with Gasteiger partial charge in [0.2, 0.25) is 0 Å². The minimum absolute atomic E-state index is 0.112. The molecule has 1 unspecified atom stereocenters. The van der Waals surface area contributed by atoms with Crippen LogP contribution in [0.1, 0.15) is 0 Å². The second-order valence-electron chi connectivity index (χ2n) is 2.20. The highest BCUT2D eigenvalue weighted by Gasteiger charge is 2.12. The van der Waals surface area contributed by atoms with Crippen molar-refractivity contribution >= 4 is 0 Å². The average molecular weight is 147 g/mol. The minimum atomic E-state index is -0.222. The molecule has 60 valence electrons. The van der Waals surface area contributed by atoms with Crippen molar-refractivity contribution < 1.29 is 14.6 Å². The molecule has 0 radical (unpaired) electrons. The highest BCUT2D eigenvalue weighted by molar-refractivity contribution is 4.65. The number of nitrogens with one attached hydrogen (secondary N) is 1. The van der Waals surface area contributed by atoms with Crippen molar-refractivity contribution in [3.05, 3.63) is 0 Å². The summed E-state index contributed by atoms with van der Waals surface area (Å²) >= 11 is 0. The summed E-state index contributed by atoms with van der Waals surface area (Å²) in [5.41, 5.74) is 0. The van der Waals surface area contributed by atoms with Crippen molar-refractivity contribution in [2.24, 2.45) is 0 Å². The van der Waals surface area contributed by atoms with Gasteiger partial charge in [-0.05, 0) is 0 Å². The fourth-order valence-electron chi connectivity index (χ4n) is 0.911. The Labute approximate surface area is 60.1 Å². The third-order valence-corrected chi connectivity index (χ3v) is 1.40. The van der Waals surface area contributed by atoms with Crippen LogP contribution >= 0.6 is 0 Å². The van der Waals surface area contributed by atoms with Crippen LogP contribution in [0.4, 0.5) is 0 Å². The summed E-state index contributed by atoms with van der Waals surface area (Å²) in [4.78, 5) is 0. The summed E-state index contributed by atoms with van der Waals surface area (Å²) in [7, 11) is 0. The molecule has 0 saturated carbocycles. The Balaban J connectivity index is 2.02. The average Bonchev–Trinajstić information content (AvgIpc) is 2.03. The van der Waals surface area contributed by atoms with E-state index in [-0.39, 0.29) is 12.9 Å². The van der Waals surface area contributed by atoms with Gasteiger partial charge in [0.25, 0.3) is 0 Å². The normalized spacial score (nSPS) is 26.7. The smallest absolute Gasteiger partial charge is 0.143 e. The Kier molecular flexibility index (Phi) is 3.67. The SMILES string of the molecule is OCOCC1CNCCO1. The van der Waals surface area contributed by atoms with Crippen LogP contribution < -0.4 is 5.32 Å². The van der Waals surface area contributed by atoms with E-state index < -0.39 is 0 Å². The molecule has 1 saturated heterocycles. The predicted molar refractivity (Wildman–Crippen MR) is 35.6 cm³/mol. The summed E-state index contributed by atoms with van der Waals surface area (Å²) in [5.74, 6) is 0. The van der Waals surface area contributed by atoms with Crippen molar-refractivity contribution in [3.63, 3.8) is 0 Å². The molecule has 1 fully saturated rings. The summed E-state index contributed by atoms with van der Waals surface area (Å²) in [6.07, 6.45) is 0.112. The minimum Gasteiger partial charge on any atom is -0.373 e. The van der Waals surface area contributed by atoms with Crippen LogP contribution in [-0.4, -0.2) is 44.3 Å². The van der Waals surface area contributed by atoms with Gasteiger partial charge in [-0.3, -0.25) is 0 Å². The first-order valence-electron chi connectivity index (χ1n) is 3.44. The maximum atomic E-state index is 8.30. The molecule has 1 heterocycles. The molecule has 1 atom stereocenters. The van der Waals surface area contributed by atoms with Gasteiger partial charge in [0.05, 0.1) is 19.3 Å². The van der Waals surface area contributed by atoms with Gasteiger partial charge >= 0.3 is 0 Å². The first kappa shape index (κ1) is 7.94. The Morgan fingerprint density at radius 2 is 2.60 bits per heavy atom. The number of aliphatic hydroxyl groups is 1. The van der Waals surface area contributed by atoms with E-state index in [1.165, 1.54) is 0 Å². The van der Waals surface area contributed by atoms with E-state index in [0.29, 0.717) is 6.61 Å². The maximum Gasteiger partial charge on any atom is 0.143 e. The van der Waals surface area contributed by atoms with Crippen molar-refractivity contribution in [2.75, 3.05) is 33.1 Å². The molecular formula is C6H13NO3. The highest BCUT2D eigenvalue weighted by Crippen LogP contribution is 1.95. The van der Waals surface area contributed by atoms with E-state index in [2.05, 4.69) is 5.32 Å². The van der Waals surface area contributed by atoms with E-state index in [0.717, 1.165) is 19.7 Å². The van der Waals surface area contributed by atoms with Crippen LogP contribution in [0.15, 0.2) is 0 Å². The number of morpholine rings is 1. The number of hydrogen-bond acceptors (Lipinski definition) is 4. The Morgan fingerprint density at radius 1 is 1.70 bits per heavy atom. The molecule has 0 aromatic rings. The Bertz CT molecular complexity index is 83.1. The Hall–Kier alpha value is -0.160. The number of hydrogen-bond donors (Lipinski definition) is 2. The molecule has 0 aromatic heterocycles. The van der Waals surface area contributed by atoms with E-state index in [9.17, 15) is 0 Å². The lowest BCUT2D eigenvalue weighted by atomic mass is 10.3. The summed E-state index contributed by atoms with van der Waals surface area (Å²) in [6, 6.07) is 0. The van der Waals surface area contributed by atoms with E-state index in [1.807, 2.05) is 0 Å². The van der Waals surface area contributed by atoms with Gasteiger partial charge in [-0.2, -0.15) is 0 Å². The molecule has 0 aromatic carbocycles. The third-order valence-electron chi connectivity index (χ3n) is 1.40. The van der Waals surface area contributed by atoms with Crippen molar-refractivity contribution in [3.8, 4) is 0 Å². The number of ether oxygens (including phenoxy) is 2. The molecule has 0 bridgehead atoms. The molecule has 2 N–H and O–H groups in total. The number of rotatable bonds is 3. The van der Waals surface area contributed by atoms with Crippen molar-refractivity contribution in [1.29, 1.82) is 0 Å². The topological polar surface area (TPSA) is 50.7 Å². The first-order chi connectivity index (χ1) is 4.93. The molecular weight excluding hydrogens is 134 g/mol. The zero-order chi connectivity index (χ0) is 7.23. The predicted octanol–water partition coefficient (Wildman–Crippen LogP) is -1.06. The number of aliphatic hydroxyl groups excluding tert-OH is 1. The van der Waals surface area contributed by atoms with Gasteiger partial charge in [0.15, 0.2) is 0 Å². The lowest BCUT2D eigenvalue weighted by Crippen LogP contribution is -2.41. The molecule has 1 rings (SSSR count). The van der Waals surface area contributed by atoms with Gasteiger partial charge in [-0.15, -0.1) is 0 Å². The fourth-order valence-corrected chi connectivity index (χ4v) is 0.911. The Morgan fingerprint density at radius 3 is 3.20 bits per heavy atom. The van der Waals surface area contributed by atoms with Crippen molar-refractivity contribution in [2.45, 2.75) is 6.10 Å². The third kappa shape index (κ3) is 2.62. The second kappa shape index (κ2) is 4.62. The van der Waals surface area contributed by atoms with Crippen LogP contribution in [0.2, 0.25) is 0 Å². The maximum absolute atomic E-state index is 8.30. The second-order valence-corrected chi connectivity index (χ2v) is 2.20. The van der Waals surface area contributed by atoms with Gasteiger partial charge in [0, 0.05) is 13.1 Å². The van der Waals surface area contributed by atoms with Crippen LogP contribution in [0.5, 0.6) is 0 Å².